The third-order valence-corrected chi connectivity index (χ3v) is 10.0. The first kappa shape index (κ1) is 20.2. The van der Waals surface area contributed by atoms with E-state index in [-0.39, 0.29) is 0 Å². The molecule has 0 radical (unpaired) electrons. The van der Waals surface area contributed by atoms with Crippen molar-refractivity contribution in [3.8, 4) is 0 Å². The zero-order chi connectivity index (χ0) is 19.3. The molecule has 0 spiro atoms. The highest BCUT2D eigenvalue weighted by molar-refractivity contribution is 8.22. The lowest BCUT2D eigenvalue weighted by Gasteiger charge is -2.32. The van der Waals surface area contributed by atoms with Crippen LogP contribution in [0.15, 0.2) is 83.1 Å². The van der Waals surface area contributed by atoms with Crippen LogP contribution < -0.4 is 15.9 Å². The number of benzene rings is 3. The summed E-state index contributed by atoms with van der Waals surface area (Å²) >= 11 is 8.24. The molecule has 28 heavy (non-hydrogen) atoms. The second kappa shape index (κ2) is 9.59. The molecule has 142 valence electrons. The van der Waals surface area contributed by atoms with E-state index in [4.69, 9.17) is 0 Å². The molecule has 1 aliphatic rings. The molecule has 4 rings (SSSR count). The average Bonchev–Trinajstić information content (AvgIpc) is 2.76. The fourth-order valence-electron chi connectivity index (χ4n) is 3.57. The normalized spacial score (nSPS) is 15.1. The minimum absolute atomic E-state index is 0.536. The van der Waals surface area contributed by atoms with Crippen LogP contribution in [0.2, 0.25) is 0 Å². The van der Waals surface area contributed by atoms with Crippen LogP contribution in [-0.2, 0) is 0 Å². The molecular weight excluding hydrogens is 415 g/mol. The first-order valence-corrected chi connectivity index (χ1v) is 13.6. The third kappa shape index (κ3) is 3.96. The standard InChI is InChI=1S/C24H23PS3/c1-27-24(28-17-9-16-26)23-19-12-5-7-14-21(19)25(18-10-3-2-4-11-18)22-15-8-6-13-20(22)23/h2-8,10-15,26H,9,16-17H2,1H3. The number of thioether (sulfide) groups is 2. The van der Waals surface area contributed by atoms with E-state index >= 15 is 0 Å². The SMILES string of the molecule is CSC(SCCCS)=C1c2ccccc2P(c2ccccc2)c2ccccc21. The van der Waals surface area contributed by atoms with Gasteiger partial charge in [0.05, 0.1) is 0 Å². The van der Waals surface area contributed by atoms with E-state index in [0.29, 0.717) is 0 Å². The van der Waals surface area contributed by atoms with Crippen molar-refractivity contribution in [2.75, 3.05) is 17.8 Å². The van der Waals surface area contributed by atoms with Gasteiger partial charge in [-0.15, -0.1) is 23.5 Å². The van der Waals surface area contributed by atoms with E-state index < -0.39 is 7.92 Å². The molecule has 0 fully saturated rings. The van der Waals surface area contributed by atoms with Crippen molar-refractivity contribution in [3.63, 3.8) is 0 Å². The smallest absolute Gasteiger partial charge is 0.0483 e. The Balaban J connectivity index is 1.94. The Morgan fingerprint density at radius 2 is 1.39 bits per heavy atom. The first-order chi connectivity index (χ1) is 13.8. The molecule has 0 nitrogen and oxygen atoms in total. The summed E-state index contributed by atoms with van der Waals surface area (Å²) in [6.07, 6.45) is 3.33. The van der Waals surface area contributed by atoms with E-state index in [1.165, 1.54) is 36.9 Å². The summed E-state index contributed by atoms with van der Waals surface area (Å²) in [5.74, 6) is 2.05. The topological polar surface area (TPSA) is 0 Å². The lowest BCUT2D eigenvalue weighted by atomic mass is 9.99. The molecule has 0 amide bonds. The summed E-state index contributed by atoms with van der Waals surface area (Å²) in [5, 5.41) is 4.36. The van der Waals surface area contributed by atoms with Gasteiger partial charge < -0.3 is 0 Å². The maximum absolute atomic E-state index is 4.39. The summed E-state index contributed by atoms with van der Waals surface area (Å²) in [7, 11) is -0.536. The largest absolute Gasteiger partial charge is 0.179 e. The van der Waals surface area contributed by atoms with Crippen LogP contribution >= 0.6 is 44.1 Å². The Morgan fingerprint density at radius 3 is 1.96 bits per heavy atom. The van der Waals surface area contributed by atoms with Crippen molar-refractivity contribution in [1.82, 2.24) is 0 Å². The summed E-state index contributed by atoms with van der Waals surface area (Å²) in [6.45, 7) is 0. The van der Waals surface area contributed by atoms with E-state index in [1.54, 1.807) is 0 Å². The fraction of sp³-hybridized carbons (Fsp3) is 0.167. The van der Waals surface area contributed by atoms with E-state index in [2.05, 4.69) is 97.7 Å². The summed E-state index contributed by atoms with van der Waals surface area (Å²) in [4.78, 5) is 0. The van der Waals surface area contributed by atoms with Crippen molar-refractivity contribution < 1.29 is 0 Å². The van der Waals surface area contributed by atoms with Gasteiger partial charge in [-0.2, -0.15) is 12.6 Å². The van der Waals surface area contributed by atoms with Crippen LogP contribution in [0.3, 0.4) is 0 Å². The maximum atomic E-state index is 4.39. The zero-order valence-corrected chi connectivity index (χ0v) is 19.3. The molecule has 0 aliphatic carbocycles. The average molecular weight is 439 g/mol. The highest BCUT2D eigenvalue weighted by Gasteiger charge is 2.30. The second-order valence-corrected chi connectivity index (χ2v) is 11.3. The van der Waals surface area contributed by atoms with Gasteiger partial charge in [-0.1, -0.05) is 78.9 Å². The monoisotopic (exact) mass is 438 g/mol. The molecule has 0 saturated heterocycles. The van der Waals surface area contributed by atoms with Gasteiger partial charge in [0, 0.05) is 9.81 Å². The predicted octanol–water partition coefficient (Wildman–Crippen LogP) is 5.89. The third-order valence-electron chi connectivity index (χ3n) is 4.77. The lowest BCUT2D eigenvalue weighted by Crippen LogP contribution is -2.30. The van der Waals surface area contributed by atoms with Gasteiger partial charge in [-0.25, -0.2) is 0 Å². The molecule has 0 saturated carbocycles. The van der Waals surface area contributed by atoms with Crippen molar-refractivity contribution in [1.29, 1.82) is 0 Å². The summed E-state index contributed by atoms with van der Waals surface area (Å²) in [5.41, 5.74) is 4.22. The predicted molar refractivity (Wildman–Crippen MR) is 136 cm³/mol. The van der Waals surface area contributed by atoms with Gasteiger partial charge in [0.15, 0.2) is 0 Å². The number of hydrogen-bond donors (Lipinski definition) is 1. The number of fused-ring (bicyclic) bond motifs is 2. The van der Waals surface area contributed by atoms with E-state index in [1.807, 2.05) is 23.5 Å². The molecule has 0 unspecified atom stereocenters. The van der Waals surface area contributed by atoms with Crippen LogP contribution in [0.4, 0.5) is 0 Å². The minimum atomic E-state index is -0.536. The van der Waals surface area contributed by atoms with Gasteiger partial charge in [-0.3, -0.25) is 0 Å². The first-order valence-electron chi connectivity index (χ1n) is 9.41. The Morgan fingerprint density at radius 1 is 0.821 bits per heavy atom. The van der Waals surface area contributed by atoms with Crippen molar-refractivity contribution in [2.24, 2.45) is 0 Å². The Kier molecular flexibility index (Phi) is 6.90. The van der Waals surface area contributed by atoms with Gasteiger partial charge >= 0.3 is 0 Å². The summed E-state index contributed by atoms with van der Waals surface area (Å²) < 4.78 is 1.42. The molecule has 0 N–H and O–H groups in total. The molecule has 1 heterocycles. The van der Waals surface area contributed by atoms with Crippen molar-refractivity contribution in [3.05, 3.63) is 94.2 Å². The van der Waals surface area contributed by atoms with Gasteiger partial charge in [0.2, 0.25) is 0 Å². The van der Waals surface area contributed by atoms with Crippen LogP contribution in [0.1, 0.15) is 17.5 Å². The Bertz CT molecular complexity index is 932. The van der Waals surface area contributed by atoms with Crippen LogP contribution in [-0.4, -0.2) is 17.8 Å². The molecule has 0 atom stereocenters. The van der Waals surface area contributed by atoms with E-state index in [9.17, 15) is 0 Å². The second-order valence-electron chi connectivity index (χ2n) is 6.50. The van der Waals surface area contributed by atoms with Crippen molar-refractivity contribution >= 4 is 65.6 Å². The molecule has 1 aliphatic heterocycles. The number of rotatable bonds is 6. The maximum Gasteiger partial charge on any atom is 0.0483 e. The molecule has 3 aromatic rings. The molecule has 0 aromatic heterocycles. The quantitative estimate of drug-likeness (QED) is 0.226. The number of hydrogen-bond acceptors (Lipinski definition) is 3. The molecule has 4 heteroatoms. The van der Waals surface area contributed by atoms with Crippen molar-refractivity contribution in [2.45, 2.75) is 6.42 Å². The highest BCUT2D eigenvalue weighted by Crippen LogP contribution is 2.47. The van der Waals surface area contributed by atoms with Gasteiger partial charge in [-0.05, 0) is 59.1 Å². The zero-order valence-electron chi connectivity index (χ0n) is 15.8. The van der Waals surface area contributed by atoms with Gasteiger partial charge in [0.1, 0.15) is 0 Å². The Labute approximate surface area is 183 Å². The van der Waals surface area contributed by atoms with E-state index in [0.717, 1.165) is 17.9 Å². The van der Waals surface area contributed by atoms with Crippen LogP contribution in [0, 0.1) is 0 Å². The van der Waals surface area contributed by atoms with Gasteiger partial charge in [0.25, 0.3) is 0 Å². The number of thiol groups is 1. The molecular formula is C24H23PS3. The highest BCUT2D eigenvalue weighted by atomic mass is 32.2. The molecule has 0 bridgehead atoms. The van der Waals surface area contributed by atoms with Crippen LogP contribution in [0.25, 0.3) is 5.57 Å². The summed E-state index contributed by atoms with van der Waals surface area (Å²) in [6, 6.07) is 29.0. The van der Waals surface area contributed by atoms with Crippen LogP contribution in [0.5, 0.6) is 0 Å². The minimum Gasteiger partial charge on any atom is -0.179 e. The Hall–Kier alpha value is -1.12. The molecule has 3 aromatic carbocycles. The lowest BCUT2D eigenvalue weighted by molar-refractivity contribution is 1.13. The fourth-order valence-corrected chi connectivity index (χ4v) is 8.54.